The van der Waals surface area contributed by atoms with Gasteiger partial charge < -0.3 is 9.47 Å². The van der Waals surface area contributed by atoms with Crippen molar-refractivity contribution in [2.45, 2.75) is 77.7 Å². The van der Waals surface area contributed by atoms with Crippen molar-refractivity contribution in [3.63, 3.8) is 0 Å². The molecule has 0 radical (unpaired) electrons. The Morgan fingerprint density at radius 1 is 1.07 bits per heavy atom. The Morgan fingerprint density at radius 3 is 2.15 bits per heavy atom. The summed E-state index contributed by atoms with van der Waals surface area (Å²) in [5, 5.41) is 11.6. The second-order valence-electron chi connectivity index (χ2n) is 9.87. The molecular formula is C21H29NO5. The summed E-state index contributed by atoms with van der Waals surface area (Å²) >= 11 is 0. The molecule has 1 aromatic rings. The highest BCUT2D eigenvalue weighted by Gasteiger charge is 2.50. The smallest absolute Gasteiger partial charge is 0.430 e. The molecule has 0 aromatic heterocycles. The van der Waals surface area contributed by atoms with Gasteiger partial charge in [-0.3, -0.25) is 10.1 Å². The molecule has 0 heterocycles. The lowest BCUT2D eigenvalue weighted by Gasteiger charge is -2.26. The number of nitro benzene ring substituents is 1. The van der Waals surface area contributed by atoms with Crippen LogP contribution in [-0.4, -0.2) is 17.2 Å². The van der Waals surface area contributed by atoms with Crippen molar-refractivity contribution in [2.75, 3.05) is 0 Å². The standard InChI is InChI=1S/C21H29NO5/c1-20(2,3)14-10-15(21(4,5)6)18(11-16(14)22(24)25)27-19(23)26-17-8-7-12-9-13(12)17/h10-13,17H,7-9H2,1-6H3/t12-,13?,17?/m0/s1. The van der Waals surface area contributed by atoms with Crippen LogP contribution in [0.2, 0.25) is 0 Å². The maximum atomic E-state index is 12.4. The van der Waals surface area contributed by atoms with Crippen molar-refractivity contribution in [3.05, 3.63) is 33.4 Å². The van der Waals surface area contributed by atoms with E-state index < -0.39 is 16.5 Å². The lowest BCUT2D eigenvalue weighted by atomic mass is 9.79. The minimum absolute atomic E-state index is 0.0403. The molecular weight excluding hydrogens is 346 g/mol. The quantitative estimate of drug-likeness (QED) is 0.301. The van der Waals surface area contributed by atoms with E-state index in [-0.39, 0.29) is 23.0 Å². The molecule has 2 saturated carbocycles. The predicted octanol–water partition coefficient (Wildman–Crippen LogP) is 5.50. The van der Waals surface area contributed by atoms with Crippen LogP contribution >= 0.6 is 0 Å². The van der Waals surface area contributed by atoms with E-state index in [4.69, 9.17) is 9.47 Å². The van der Waals surface area contributed by atoms with Crippen molar-refractivity contribution >= 4 is 11.8 Å². The Labute approximate surface area is 160 Å². The third kappa shape index (κ3) is 4.09. The predicted molar refractivity (Wildman–Crippen MR) is 102 cm³/mol. The average Bonchev–Trinajstić information content (AvgIpc) is 3.19. The molecule has 0 amide bonds. The van der Waals surface area contributed by atoms with Gasteiger partial charge in [0.2, 0.25) is 0 Å². The second-order valence-corrected chi connectivity index (χ2v) is 9.87. The van der Waals surface area contributed by atoms with Crippen LogP contribution in [-0.2, 0) is 15.6 Å². The first-order chi connectivity index (χ1) is 12.4. The Kier molecular flexibility index (Phi) is 4.73. The summed E-state index contributed by atoms with van der Waals surface area (Å²) in [6.07, 6.45) is 2.25. The van der Waals surface area contributed by atoms with Gasteiger partial charge in [0.25, 0.3) is 5.69 Å². The van der Waals surface area contributed by atoms with Crippen molar-refractivity contribution in [1.29, 1.82) is 0 Å². The molecule has 6 nitrogen and oxygen atoms in total. The van der Waals surface area contributed by atoms with Crippen LogP contribution in [0.1, 0.15) is 71.9 Å². The van der Waals surface area contributed by atoms with Gasteiger partial charge in [-0.2, -0.15) is 0 Å². The van der Waals surface area contributed by atoms with E-state index in [1.807, 2.05) is 41.5 Å². The zero-order valence-corrected chi connectivity index (χ0v) is 17.0. The van der Waals surface area contributed by atoms with E-state index >= 15 is 0 Å². The zero-order chi connectivity index (χ0) is 20.1. The first-order valence-corrected chi connectivity index (χ1v) is 9.60. The topological polar surface area (TPSA) is 78.7 Å². The molecule has 2 unspecified atom stereocenters. The molecule has 3 atom stereocenters. The van der Waals surface area contributed by atoms with E-state index in [1.54, 1.807) is 6.07 Å². The first kappa shape index (κ1) is 19.6. The third-order valence-electron chi connectivity index (χ3n) is 5.63. The van der Waals surface area contributed by atoms with E-state index in [0.717, 1.165) is 24.8 Å². The van der Waals surface area contributed by atoms with Crippen molar-refractivity contribution in [3.8, 4) is 5.75 Å². The molecule has 1 aromatic carbocycles. The maximum Gasteiger partial charge on any atom is 0.514 e. The monoisotopic (exact) mass is 375 g/mol. The molecule has 0 aliphatic heterocycles. The molecule has 0 saturated heterocycles. The molecule has 0 bridgehead atoms. The minimum Gasteiger partial charge on any atom is -0.430 e. The summed E-state index contributed by atoms with van der Waals surface area (Å²) < 4.78 is 11.0. The number of benzene rings is 1. The van der Waals surface area contributed by atoms with Crippen LogP contribution in [0.15, 0.2) is 12.1 Å². The number of hydrogen-bond acceptors (Lipinski definition) is 5. The first-order valence-electron chi connectivity index (χ1n) is 9.60. The van der Waals surface area contributed by atoms with Crippen LogP contribution in [0.4, 0.5) is 10.5 Å². The summed E-state index contributed by atoms with van der Waals surface area (Å²) in [6, 6.07) is 3.17. The molecule has 2 aliphatic rings. The van der Waals surface area contributed by atoms with Crippen LogP contribution in [0.5, 0.6) is 5.75 Å². The van der Waals surface area contributed by atoms with Crippen molar-refractivity contribution in [1.82, 2.24) is 0 Å². The molecule has 2 fully saturated rings. The normalized spacial score (nSPS) is 24.3. The van der Waals surface area contributed by atoms with E-state index in [2.05, 4.69) is 0 Å². The van der Waals surface area contributed by atoms with Crippen LogP contribution in [0, 0.1) is 22.0 Å². The molecule has 6 heteroatoms. The third-order valence-corrected chi connectivity index (χ3v) is 5.63. The molecule has 0 spiro atoms. The molecule has 3 rings (SSSR count). The Hall–Kier alpha value is -2.11. The minimum atomic E-state index is -0.768. The largest absolute Gasteiger partial charge is 0.514 e. The van der Waals surface area contributed by atoms with Gasteiger partial charge in [0.1, 0.15) is 11.9 Å². The molecule has 148 valence electrons. The number of ether oxygens (including phenoxy) is 2. The average molecular weight is 375 g/mol. The fourth-order valence-electron chi connectivity index (χ4n) is 4.03. The summed E-state index contributed by atoms with van der Waals surface area (Å²) in [6.45, 7) is 11.8. The van der Waals surface area contributed by atoms with Gasteiger partial charge in [-0.25, -0.2) is 4.79 Å². The zero-order valence-electron chi connectivity index (χ0n) is 17.0. The van der Waals surface area contributed by atoms with Crippen LogP contribution in [0.3, 0.4) is 0 Å². The van der Waals surface area contributed by atoms with Gasteiger partial charge in [0.15, 0.2) is 0 Å². The Bertz CT molecular complexity index is 772. The molecule has 27 heavy (non-hydrogen) atoms. The number of hydrogen-bond donors (Lipinski definition) is 0. The van der Waals surface area contributed by atoms with Gasteiger partial charge in [-0.15, -0.1) is 0 Å². The van der Waals surface area contributed by atoms with Gasteiger partial charge >= 0.3 is 6.16 Å². The van der Waals surface area contributed by atoms with Crippen molar-refractivity contribution < 1.29 is 19.2 Å². The SMILES string of the molecule is CC(C)(C)c1cc(C(C)(C)C)c([N+](=O)[O-])cc1OC(=O)OC1CC[C@H]2CC12. The fourth-order valence-corrected chi connectivity index (χ4v) is 4.03. The summed E-state index contributed by atoms with van der Waals surface area (Å²) in [5.74, 6) is 1.37. The van der Waals surface area contributed by atoms with E-state index in [1.165, 1.54) is 6.07 Å². The number of carbonyl (C=O) groups is 1. The Balaban J connectivity index is 1.93. The number of fused-ring (bicyclic) bond motifs is 1. The summed E-state index contributed by atoms with van der Waals surface area (Å²) in [4.78, 5) is 23.6. The highest BCUT2D eigenvalue weighted by molar-refractivity contribution is 5.67. The van der Waals surface area contributed by atoms with Gasteiger partial charge in [0, 0.05) is 11.1 Å². The van der Waals surface area contributed by atoms with Gasteiger partial charge in [-0.05, 0) is 48.0 Å². The van der Waals surface area contributed by atoms with Crippen molar-refractivity contribution in [2.24, 2.45) is 11.8 Å². The summed E-state index contributed by atoms with van der Waals surface area (Å²) in [5.41, 5.74) is 0.577. The second kappa shape index (κ2) is 6.50. The molecule has 0 N–H and O–H groups in total. The fraction of sp³-hybridized carbons (Fsp3) is 0.667. The lowest BCUT2D eigenvalue weighted by Crippen LogP contribution is -2.24. The summed E-state index contributed by atoms with van der Waals surface area (Å²) in [7, 11) is 0. The van der Waals surface area contributed by atoms with Crippen LogP contribution in [0.25, 0.3) is 0 Å². The molecule has 2 aliphatic carbocycles. The van der Waals surface area contributed by atoms with E-state index in [9.17, 15) is 14.9 Å². The highest BCUT2D eigenvalue weighted by atomic mass is 16.7. The van der Waals surface area contributed by atoms with Gasteiger partial charge in [0.05, 0.1) is 11.0 Å². The number of carbonyl (C=O) groups excluding carboxylic acids is 1. The van der Waals surface area contributed by atoms with E-state index in [0.29, 0.717) is 17.4 Å². The number of nitro groups is 1. The lowest BCUT2D eigenvalue weighted by molar-refractivity contribution is -0.386. The van der Waals surface area contributed by atoms with Gasteiger partial charge in [-0.1, -0.05) is 41.5 Å². The highest BCUT2D eigenvalue weighted by Crippen LogP contribution is 2.53. The van der Waals surface area contributed by atoms with Crippen LogP contribution < -0.4 is 4.74 Å². The number of nitrogens with zero attached hydrogens (tertiary/aromatic N) is 1. The Morgan fingerprint density at radius 2 is 1.70 bits per heavy atom. The maximum absolute atomic E-state index is 12.4. The number of rotatable bonds is 3.